The van der Waals surface area contributed by atoms with Crippen molar-refractivity contribution in [3.8, 4) is 11.4 Å². The molecule has 0 aliphatic carbocycles. The van der Waals surface area contributed by atoms with Gasteiger partial charge in [-0.2, -0.15) is 0 Å². The van der Waals surface area contributed by atoms with Crippen LogP contribution in [0.5, 0.6) is 0 Å². The minimum absolute atomic E-state index is 0.0121. The summed E-state index contributed by atoms with van der Waals surface area (Å²) in [4.78, 5) is 26.6. The molecule has 2 aromatic heterocycles. The number of hydrogen-bond donors (Lipinski definition) is 1. The highest BCUT2D eigenvalue weighted by molar-refractivity contribution is 7.99. The van der Waals surface area contributed by atoms with Gasteiger partial charge in [-0.1, -0.05) is 11.8 Å². The average molecular weight is 384 g/mol. The Kier molecular flexibility index (Phi) is 5.46. The number of pyridine rings is 1. The van der Waals surface area contributed by atoms with E-state index < -0.39 is 4.92 Å². The number of carbonyl (C=O) groups excluding carboxylic acids is 1. The van der Waals surface area contributed by atoms with Gasteiger partial charge >= 0.3 is 0 Å². The Labute approximate surface area is 159 Å². The molecule has 9 nitrogen and oxygen atoms in total. The molecular weight excluding hydrogens is 368 g/mol. The Morgan fingerprint density at radius 3 is 2.81 bits per heavy atom. The van der Waals surface area contributed by atoms with Crippen molar-refractivity contribution >= 4 is 29.0 Å². The predicted octanol–water partition coefficient (Wildman–Crippen LogP) is 2.82. The maximum Gasteiger partial charge on any atom is 0.269 e. The van der Waals surface area contributed by atoms with Crippen molar-refractivity contribution in [1.82, 2.24) is 19.7 Å². The molecule has 1 amide bonds. The molecule has 3 aromatic rings. The third-order valence-corrected chi connectivity index (χ3v) is 4.80. The number of rotatable bonds is 6. The second-order valence-electron chi connectivity index (χ2n) is 5.70. The van der Waals surface area contributed by atoms with Gasteiger partial charge in [-0.15, -0.1) is 10.2 Å². The van der Waals surface area contributed by atoms with E-state index in [2.05, 4.69) is 20.5 Å². The van der Waals surface area contributed by atoms with Gasteiger partial charge in [0.2, 0.25) is 5.91 Å². The number of carbonyl (C=O) groups is 1. The van der Waals surface area contributed by atoms with Crippen molar-refractivity contribution < 1.29 is 9.72 Å². The lowest BCUT2D eigenvalue weighted by atomic mass is 10.2. The predicted molar refractivity (Wildman–Crippen MR) is 101 cm³/mol. The molecule has 0 aliphatic rings. The number of aromatic nitrogens is 4. The topological polar surface area (TPSA) is 116 Å². The van der Waals surface area contributed by atoms with Crippen LogP contribution in [0.4, 0.5) is 11.4 Å². The molecule has 27 heavy (non-hydrogen) atoms. The summed E-state index contributed by atoms with van der Waals surface area (Å²) in [6.45, 7) is 1.71. The van der Waals surface area contributed by atoms with Gasteiger partial charge in [-0.3, -0.25) is 19.9 Å². The highest BCUT2D eigenvalue weighted by atomic mass is 32.2. The molecule has 0 saturated heterocycles. The lowest BCUT2D eigenvalue weighted by molar-refractivity contribution is -0.384. The van der Waals surface area contributed by atoms with Crippen LogP contribution in [-0.4, -0.2) is 36.3 Å². The Hall–Kier alpha value is -3.27. The first-order valence-corrected chi connectivity index (χ1v) is 8.91. The van der Waals surface area contributed by atoms with Crippen LogP contribution >= 0.6 is 11.8 Å². The van der Waals surface area contributed by atoms with Crippen molar-refractivity contribution in [2.24, 2.45) is 7.05 Å². The second kappa shape index (κ2) is 7.96. The molecule has 0 bridgehead atoms. The number of nitro benzene ring substituents is 1. The maximum atomic E-state index is 12.2. The van der Waals surface area contributed by atoms with Crippen molar-refractivity contribution in [3.63, 3.8) is 0 Å². The Balaban J connectivity index is 1.63. The average Bonchev–Trinajstić information content (AvgIpc) is 3.03. The van der Waals surface area contributed by atoms with E-state index in [4.69, 9.17) is 0 Å². The van der Waals surface area contributed by atoms with Gasteiger partial charge < -0.3 is 9.88 Å². The number of thioether (sulfide) groups is 1. The maximum absolute atomic E-state index is 12.2. The number of anilines is 1. The lowest BCUT2D eigenvalue weighted by Gasteiger charge is -2.08. The Bertz CT molecular complexity index is 990. The van der Waals surface area contributed by atoms with E-state index in [-0.39, 0.29) is 17.3 Å². The van der Waals surface area contributed by atoms with Gasteiger partial charge in [0, 0.05) is 42.8 Å². The highest BCUT2D eigenvalue weighted by Crippen LogP contribution is 2.24. The number of aryl methyl sites for hydroxylation is 1. The first-order valence-electron chi connectivity index (χ1n) is 7.93. The third-order valence-electron chi connectivity index (χ3n) is 3.78. The first kappa shape index (κ1) is 18.5. The van der Waals surface area contributed by atoms with Crippen LogP contribution in [0, 0.1) is 17.0 Å². The van der Waals surface area contributed by atoms with Crippen molar-refractivity contribution in [2.75, 3.05) is 11.1 Å². The van der Waals surface area contributed by atoms with Gasteiger partial charge in [0.05, 0.1) is 10.7 Å². The van der Waals surface area contributed by atoms with Gasteiger partial charge in [0.1, 0.15) is 0 Å². The van der Waals surface area contributed by atoms with Gasteiger partial charge in [0.25, 0.3) is 5.69 Å². The van der Waals surface area contributed by atoms with Crippen LogP contribution in [0.1, 0.15) is 5.56 Å². The molecule has 2 heterocycles. The smallest absolute Gasteiger partial charge is 0.269 e. The zero-order chi connectivity index (χ0) is 19.4. The fourth-order valence-electron chi connectivity index (χ4n) is 2.41. The lowest BCUT2D eigenvalue weighted by Crippen LogP contribution is -2.15. The zero-order valence-electron chi connectivity index (χ0n) is 14.6. The van der Waals surface area contributed by atoms with E-state index in [1.54, 1.807) is 23.9 Å². The number of nitrogens with one attached hydrogen (secondary N) is 1. The summed E-state index contributed by atoms with van der Waals surface area (Å²) in [5, 5.41) is 22.4. The number of non-ortho nitro benzene ring substituents is 1. The molecule has 0 radical (unpaired) electrons. The molecule has 1 aromatic carbocycles. The number of nitro groups is 1. The Morgan fingerprint density at radius 1 is 1.33 bits per heavy atom. The van der Waals surface area contributed by atoms with Crippen LogP contribution in [0.3, 0.4) is 0 Å². The van der Waals surface area contributed by atoms with Gasteiger partial charge in [-0.25, -0.2) is 0 Å². The number of nitrogens with zero attached hydrogens (tertiary/aromatic N) is 5. The summed E-state index contributed by atoms with van der Waals surface area (Å²) in [6.07, 6.45) is 3.38. The molecule has 10 heteroatoms. The second-order valence-corrected chi connectivity index (χ2v) is 6.64. The first-order chi connectivity index (χ1) is 13.0. The molecule has 0 unspecified atom stereocenters. The zero-order valence-corrected chi connectivity index (χ0v) is 15.4. The molecule has 0 atom stereocenters. The summed E-state index contributed by atoms with van der Waals surface area (Å²) in [7, 11) is 1.82. The SMILES string of the molecule is Cc1cc([N+](=O)[O-])ccc1NC(=O)CSc1nnc(-c2cccnc2)n1C. The van der Waals surface area contributed by atoms with Crippen molar-refractivity contribution in [1.29, 1.82) is 0 Å². The number of benzene rings is 1. The molecule has 0 aliphatic heterocycles. The third kappa shape index (κ3) is 4.29. The molecule has 1 N–H and O–H groups in total. The normalized spacial score (nSPS) is 10.6. The monoisotopic (exact) mass is 384 g/mol. The summed E-state index contributed by atoms with van der Waals surface area (Å²) >= 11 is 1.25. The van der Waals surface area contributed by atoms with Crippen molar-refractivity contribution in [2.45, 2.75) is 12.1 Å². The minimum Gasteiger partial charge on any atom is -0.325 e. The molecular formula is C17H16N6O3S. The fraction of sp³-hybridized carbons (Fsp3) is 0.176. The highest BCUT2D eigenvalue weighted by Gasteiger charge is 2.14. The molecule has 0 saturated carbocycles. The fourth-order valence-corrected chi connectivity index (χ4v) is 3.12. The van der Waals surface area contributed by atoms with E-state index in [9.17, 15) is 14.9 Å². The van der Waals surface area contributed by atoms with Gasteiger partial charge in [0.15, 0.2) is 11.0 Å². The number of hydrogen-bond acceptors (Lipinski definition) is 7. The van der Waals surface area contributed by atoms with Crippen LogP contribution in [0.2, 0.25) is 0 Å². The van der Waals surface area contributed by atoms with Crippen LogP contribution < -0.4 is 5.32 Å². The largest absolute Gasteiger partial charge is 0.325 e. The van der Waals surface area contributed by atoms with E-state index in [1.807, 2.05) is 19.2 Å². The van der Waals surface area contributed by atoms with Crippen LogP contribution in [0.25, 0.3) is 11.4 Å². The molecule has 0 spiro atoms. The van der Waals surface area contributed by atoms with E-state index in [1.165, 1.54) is 30.0 Å². The van der Waals surface area contributed by atoms with E-state index >= 15 is 0 Å². The summed E-state index contributed by atoms with van der Waals surface area (Å²) in [6, 6.07) is 8.01. The number of amides is 1. The molecule has 138 valence electrons. The van der Waals surface area contributed by atoms with E-state index in [0.717, 1.165) is 5.56 Å². The van der Waals surface area contributed by atoms with Crippen LogP contribution in [-0.2, 0) is 11.8 Å². The van der Waals surface area contributed by atoms with Crippen LogP contribution in [0.15, 0.2) is 47.9 Å². The summed E-state index contributed by atoms with van der Waals surface area (Å²) in [5.74, 6) is 0.565. The summed E-state index contributed by atoms with van der Waals surface area (Å²) < 4.78 is 1.80. The molecule has 3 rings (SSSR count). The molecule has 0 fully saturated rings. The Morgan fingerprint density at radius 2 is 2.15 bits per heavy atom. The van der Waals surface area contributed by atoms with Gasteiger partial charge in [-0.05, 0) is 30.7 Å². The standard InChI is InChI=1S/C17H16N6O3S/c1-11-8-13(23(25)26)5-6-14(11)19-15(24)10-27-17-21-20-16(22(17)2)12-4-3-7-18-9-12/h3-9H,10H2,1-2H3,(H,19,24). The minimum atomic E-state index is -0.470. The quantitative estimate of drug-likeness (QED) is 0.394. The van der Waals surface area contributed by atoms with Crippen molar-refractivity contribution in [3.05, 3.63) is 58.4 Å². The van der Waals surface area contributed by atoms with E-state index in [0.29, 0.717) is 22.2 Å². The summed E-state index contributed by atoms with van der Waals surface area (Å²) in [5.41, 5.74) is 1.99.